The van der Waals surface area contributed by atoms with Crippen molar-refractivity contribution in [1.29, 1.82) is 0 Å². The molecule has 0 aromatic heterocycles. The van der Waals surface area contributed by atoms with E-state index in [0.29, 0.717) is 11.4 Å². The maximum absolute atomic E-state index is 12.0. The van der Waals surface area contributed by atoms with Crippen LogP contribution in [-0.4, -0.2) is 48.5 Å². The largest absolute Gasteiger partial charge is 0.495 e. The van der Waals surface area contributed by atoms with Gasteiger partial charge in [0, 0.05) is 13.6 Å². The van der Waals surface area contributed by atoms with Crippen LogP contribution in [0.3, 0.4) is 0 Å². The SMILES string of the molecule is COc1ccccc1N(C)C(=O)NCC(C)(O)CC(=O)O. The Hall–Kier alpha value is -2.28. The second-order valence-electron chi connectivity index (χ2n) is 4.96. The van der Waals surface area contributed by atoms with E-state index in [4.69, 9.17) is 9.84 Å². The monoisotopic (exact) mass is 296 g/mol. The summed E-state index contributed by atoms with van der Waals surface area (Å²) in [5, 5.41) is 21.0. The first-order chi connectivity index (χ1) is 9.76. The number of urea groups is 1. The van der Waals surface area contributed by atoms with Crippen LogP contribution in [0.15, 0.2) is 24.3 Å². The molecule has 0 heterocycles. The number of hydrogen-bond acceptors (Lipinski definition) is 4. The highest BCUT2D eigenvalue weighted by molar-refractivity contribution is 5.93. The van der Waals surface area contributed by atoms with Gasteiger partial charge in [0.25, 0.3) is 0 Å². The first-order valence-corrected chi connectivity index (χ1v) is 6.35. The predicted molar refractivity (Wildman–Crippen MR) is 77.7 cm³/mol. The highest BCUT2D eigenvalue weighted by atomic mass is 16.5. The van der Waals surface area contributed by atoms with Gasteiger partial charge in [0.05, 0.1) is 24.8 Å². The number of nitrogens with zero attached hydrogens (tertiary/aromatic N) is 1. The molecule has 1 atom stereocenters. The zero-order valence-electron chi connectivity index (χ0n) is 12.3. The summed E-state index contributed by atoms with van der Waals surface area (Å²) in [6.45, 7) is 1.18. The van der Waals surface area contributed by atoms with Crippen LogP contribution in [0.5, 0.6) is 5.75 Å². The van der Waals surface area contributed by atoms with E-state index < -0.39 is 24.0 Å². The van der Waals surface area contributed by atoms with Gasteiger partial charge in [0.15, 0.2) is 0 Å². The van der Waals surface area contributed by atoms with E-state index in [9.17, 15) is 14.7 Å². The van der Waals surface area contributed by atoms with Crippen LogP contribution in [0.2, 0.25) is 0 Å². The van der Waals surface area contributed by atoms with Crippen LogP contribution in [0.25, 0.3) is 0 Å². The number of para-hydroxylation sites is 2. The number of aliphatic carboxylic acids is 1. The minimum atomic E-state index is -1.51. The summed E-state index contributed by atoms with van der Waals surface area (Å²) < 4.78 is 5.17. The van der Waals surface area contributed by atoms with Crippen LogP contribution in [-0.2, 0) is 4.79 Å². The van der Waals surface area contributed by atoms with E-state index in [2.05, 4.69) is 5.32 Å². The van der Waals surface area contributed by atoms with Crippen LogP contribution >= 0.6 is 0 Å². The number of ether oxygens (including phenoxy) is 1. The van der Waals surface area contributed by atoms with Gasteiger partial charge in [-0.05, 0) is 19.1 Å². The minimum absolute atomic E-state index is 0.169. The second-order valence-corrected chi connectivity index (χ2v) is 4.96. The third kappa shape index (κ3) is 4.96. The number of methoxy groups -OCH3 is 1. The van der Waals surface area contributed by atoms with Gasteiger partial charge in [0.1, 0.15) is 5.75 Å². The molecular weight excluding hydrogens is 276 g/mol. The van der Waals surface area contributed by atoms with Gasteiger partial charge >= 0.3 is 12.0 Å². The molecule has 2 amide bonds. The summed E-state index contributed by atoms with van der Waals surface area (Å²) in [7, 11) is 3.06. The molecule has 0 aliphatic carbocycles. The van der Waals surface area contributed by atoms with Gasteiger partial charge in [-0.1, -0.05) is 12.1 Å². The van der Waals surface area contributed by atoms with Gasteiger partial charge in [0.2, 0.25) is 0 Å². The van der Waals surface area contributed by atoms with E-state index in [0.717, 1.165) is 0 Å². The number of hydrogen-bond donors (Lipinski definition) is 3. The molecule has 0 bridgehead atoms. The topological polar surface area (TPSA) is 99.1 Å². The Bertz CT molecular complexity index is 516. The number of benzene rings is 1. The number of rotatable bonds is 6. The van der Waals surface area contributed by atoms with E-state index in [-0.39, 0.29) is 6.54 Å². The van der Waals surface area contributed by atoms with Crippen molar-refractivity contribution in [1.82, 2.24) is 5.32 Å². The van der Waals surface area contributed by atoms with Crippen LogP contribution in [0, 0.1) is 0 Å². The molecule has 21 heavy (non-hydrogen) atoms. The molecule has 116 valence electrons. The standard InChI is InChI=1S/C14H20N2O5/c1-14(20,8-12(17)18)9-15-13(19)16(2)10-6-4-5-7-11(10)21-3/h4-7,20H,8-9H2,1-3H3,(H,15,19)(H,17,18). The maximum Gasteiger partial charge on any atom is 0.321 e. The van der Waals surface area contributed by atoms with Crippen molar-refractivity contribution in [2.24, 2.45) is 0 Å². The zero-order valence-corrected chi connectivity index (χ0v) is 12.3. The summed E-state index contributed by atoms with van der Waals surface area (Å²) in [4.78, 5) is 24.0. The highest BCUT2D eigenvalue weighted by Gasteiger charge is 2.26. The molecular formula is C14H20N2O5. The third-order valence-corrected chi connectivity index (χ3v) is 2.90. The van der Waals surface area contributed by atoms with Gasteiger partial charge in [-0.25, -0.2) is 4.79 Å². The lowest BCUT2D eigenvalue weighted by Gasteiger charge is -2.25. The van der Waals surface area contributed by atoms with Gasteiger partial charge in [-0.2, -0.15) is 0 Å². The normalized spacial score (nSPS) is 13.1. The molecule has 0 saturated heterocycles. The lowest BCUT2D eigenvalue weighted by molar-refractivity contribution is -0.141. The van der Waals surface area contributed by atoms with Crippen LogP contribution in [0.1, 0.15) is 13.3 Å². The van der Waals surface area contributed by atoms with Crippen molar-refractivity contribution in [2.75, 3.05) is 25.6 Å². The molecule has 3 N–H and O–H groups in total. The Morgan fingerprint density at radius 2 is 2.00 bits per heavy atom. The summed E-state index contributed by atoms with van der Waals surface area (Å²) in [6.07, 6.45) is -0.453. The minimum Gasteiger partial charge on any atom is -0.495 e. The molecule has 0 aliphatic heterocycles. The summed E-state index contributed by atoms with van der Waals surface area (Å²) in [5.74, 6) is -0.597. The molecule has 1 aromatic rings. The summed E-state index contributed by atoms with van der Waals surface area (Å²) in [6, 6.07) is 6.52. The highest BCUT2D eigenvalue weighted by Crippen LogP contribution is 2.26. The van der Waals surface area contributed by atoms with E-state index >= 15 is 0 Å². The van der Waals surface area contributed by atoms with Crippen molar-refractivity contribution in [3.63, 3.8) is 0 Å². The molecule has 1 rings (SSSR count). The zero-order chi connectivity index (χ0) is 16.0. The van der Waals surface area contributed by atoms with E-state index in [1.165, 1.54) is 18.9 Å². The van der Waals surface area contributed by atoms with Crippen molar-refractivity contribution in [3.8, 4) is 5.75 Å². The Kier molecular flexibility index (Phi) is 5.54. The number of anilines is 1. The Morgan fingerprint density at radius 1 is 1.38 bits per heavy atom. The Labute approximate surface area is 123 Å². The molecule has 0 radical (unpaired) electrons. The molecule has 1 aromatic carbocycles. The fraction of sp³-hybridized carbons (Fsp3) is 0.429. The Morgan fingerprint density at radius 3 is 2.57 bits per heavy atom. The predicted octanol–water partition coefficient (Wildman–Crippen LogP) is 1.07. The molecule has 0 aliphatic rings. The summed E-state index contributed by atoms with van der Waals surface area (Å²) >= 11 is 0. The number of aliphatic hydroxyl groups is 1. The van der Waals surface area contributed by atoms with Crippen molar-refractivity contribution in [2.45, 2.75) is 18.9 Å². The molecule has 0 spiro atoms. The average Bonchev–Trinajstić information content (AvgIpc) is 2.42. The number of carbonyl (C=O) groups excluding carboxylic acids is 1. The number of carbonyl (C=O) groups is 2. The van der Waals surface area contributed by atoms with Crippen molar-refractivity contribution >= 4 is 17.7 Å². The second kappa shape index (κ2) is 6.94. The number of amides is 2. The molecule has 0 fully saturated rings. The third-order valence-electron chi connectivity index (χ3n) is 2.90. The van der Waals surface area contributed by atoms with Crippen LogP contribution < -0.4 is 15.0 Å². The number of nitrogens with one attached hydrogen (secondary N) is 1. The fourth-order valence-electron chi connectivity index (χ4n) is 1.79. The number of carboxylic acid groups (broad SMARTS) is 1. The molecule has 7 nitrogen and oxygen atoms in total. The maximum atomic E-state index is 12.0. The lowest BCUT2D eigenvalue weighted by atomic mass is 10.0. The quantitative estimate of drug-likeness (QED) is 0.729. The first-order valence-electron chi connectivity index (χ1n) is 6.35. The molecule has 1 unspecified atom stereocenters. The summed E-state index contributed by atoms with van der Waals surface area (Å²) in [5.41, 5.74) is -0.946. The lowest BCUT2D eigenvalue weighted by Crippen LogP contribution is -2.46. The van der Waals surface area contributed by atoms with Crippen LogP contribution in [0.4, 0.5) is 10.5 Å². The van der Waals surface area contributed by atoms with Gasteiger partial charge in [-0.3, -0.25) is 9.69 Å². The van der Waals surface area contributed by atoms with Crippen molar-refractivity contribution < 1.29 is 24.5 Å². The Balaban J connectivity index is 2.69. The molecule has 7 heteroatoms. The van der Waals surface area contributed by atoms with Gasteiger partial charge in [-0.15, -0.1) is 0 Å². The first kappa shape index (κ1) is 16.8. The van der Waals surface area contributed by atoms with Crippen molar-refractivity contribution in [3.05, 3.63) is 24.3 Å². The van der Waals surface area contributed by atoms with E-state index in [1.54, 1.807) is 31.3 Å². The molecule has 0 saturated carbocycles. The van der Waals surface area contributed by atoms with E-state index in [1.807, 2.05) is 0 Å². The smallest absolute Gasteiger partial charge is 0.321 e. The van der Waals surface area contributed by atoms with Gasteiger partial charge < -0.3 is 20.3 Å². The number of carboxylic acids is 1. The average molecular weight is 296 g/mol. The fourth-order valence-corrected chi connectivity index (χ4v) is 1.79.